The molecule has 0 spiro atoms. The van der Waals surface area contributed by atoms with Crippen LogP contribution in [-0.2, 0) is 4.74 Å². The van der Waals surface area contributed by atoms with Crippen LogP contribution in [0.3, 0.4) is 0 Å². The van der Waals surface area contributed by atoms with E-state index in [-0.39, 0.29) is 11.5 Å². The molecule has 0 N–H and O–H groups in total. The smallest absolute Gasteiger partial charge is 0.409 e. The van der Waals surface area contributed by atoms with Crippen molar-refractivity contribution in [3.05, 3.63) is 0 Å². The van der Waals surface area contributed by atoms with Crippen LogP contribution in [0.2, 0.25) is 0 Å². The number of nitrogens with zero attached hydrogens (tertiary/aromatic N) is 1. The van der Waals surface area contributed by atoms with Crippen LogP contribution in [0.4, 0.5) is 4.79 Å². The van der Waals surface area contributed by atoms with Crippen molar-refractivity contribution in [3.63, 3.8) is 0 Å². The highest BCUT2D eigenvalue weighted by molar-refractivity contribution is 7.80. The van der Waals surface area contributed by atoms with Gasteiger partial charge in [0.2, 0.25) is 0 Å². The minimum Gasteiger partial charge on any atom is -0.449 e. The van der Waals surface area contributed by atoms with E-state index in [2.05, 4.69) is 26.5 Å². The highest BCUT2D eigenvalue weighted by atomic mass is 32.1. The van der Waals surface area contributed by atoms with Gasteiger partial charge in [0.05, 0.1) is 6.61 Å². The molecule has 4 heteroatoms. The van der Waals surface area contributed by atoms with Gasteiger partial charge >= 0.3 is 6.09 Å². The van der Waals surface area contributed by atoms with Crippen molar-refractivity contribution in [2.45, 2.75) is 20.3 Å². The SMILES string of the molecule is CN(C)C(=O)OCC(C)(C)CCS. The Morgan fingerprint density at radius 1 is 1.46 bits per heavy atom. The minimum atomic E-state index is -0.285. The van der Waals surface area contributed by atoms with Gasteiger partial charge in [0, 0.05) is 14.1 Å². The topological polar surface area (TPSA) is 29.5 Å². The van der Waals surface area contributed by atoms with E-state index < -0.39 is 0 Å². The first kappa shape index (κ1) is 12.6. The molecule has 0 aromatic heterocycles. The molecule has 0 aromatic carbocycles. The van der Waals surface area contributed by atoms with E-state index in [1.165, 1.54) is 4.90 Å². The van der Waals surface area contributed by atoms with E-state index in [4.69, 9.17) is 4.74 Å². The first-order valence-electron chi connectivity index (χ1n) is 4.34. The molecule has 0 atom stereocenters. The summed E-state index contributed by atoms with van der Waals surface area (Å²) in [7, 11) is 3.35. The standard InChI is InChI=1S/C9H19NO2S/c1-9(2,5-6-13)7-12-8(11)10(3)4/h13H,5-7H2,1-4H3. The average molecular weight is 205 g/mol. The summed E-state index contributed by atoms with van der Waals surface area (Å²) in [4.78, 5) is 12.5. The number of hydrogen-bond donors (Lipinski definition) is 1. The largest absolute Gasteiger partial charge is 0.449 e. The highest BCUT2D eigenvalue weighted by Gasteiger charge is 2.19. The zero-order chi connectivity index (χ0) is 10.5. The van der Waals surface area contributed by atoms with Gasteiger partial charge in [0.1, 0.15) is 0 Å². The van der Waals surface area contributed by atoms with Gasteiger partial charge in [-0.15, -0.1) is 0 Å². The summed E-state index contributed by atoms with van der Waals surface area (Å²) in [5.41, 5.74) is 0.0213. The molecule has 0 unspecified atom stereocenters. The third kappa shape index (κ3) is 5.80. The molecule has 0 bridgehead atoms. The Hall–Kier alpha value is -0.380. The molecule has 3 nitrogen and oxygen atoms in total. The van der Waals surface area contributed by atoms with Crippen LogP contribution in [0, 0.1) is 5.41 Å². The lowest BCUT2D eigenvalue weighted by atomic mass is 9.92. The van der Waals surface area contributed by atoms with Gasteiger partial charge in [-0.1, -0.05) is 13.8 Å². The lowest BCUT2D eigenvalue weighted by molar-refractivity contribution is 0.0771. The molecule has 0 heterocycles. The third-order valence-corrected chi connectivity index (χ3v) is 1.96. The first-order chi connectivity index (χ1) is 5.89. The number of hydrogen-bond acceptors (Lipinski definition) is 3. The molecule has 13 heavy (non-hydrogen) atoms. The molecule has 0 aliphatic carbocycles. The summed E-state index contributed by atoms with van der Waals surface area (Å²) in [5, 5.41) is 0. The Morgan fingerprint density at radius 2 is 2.00 bits per heavy atom. The quantitative estimate of drug-likeness (QED) is 0.712. The lowest BCUT2D eigenvalue weighted by Crippen LogP contribution is -2.28. The maximum atomic E-state index is 11.1. The van der Waals surface area contributed by atoms with Gasteiger partial charge in [0.25, 0.3) is 0 Å². The lowest BCUT2D eigenvalue weighted by Gasteiger charge is -2.24. The minimum absolute atomic E-state index is 0.0213. The van der Waals surface area contributed by atoms with Crippen molar-refractivity contribution in [2.75, 3.05) is 26.5 Å². The van der Waals surface area contributed by atoms with Crippen molar-refractivity contribution in [1.82, 2.24) is 4.90 Å². The summed E-state index contributed by atoms with van der Waals surface area (Å²) in [5.74, 6) is 0.812. The van der Waals surface area contributed by atoms with E-state index in [9.17, 15) is 4.79 Å². The number of amides is 1. The van der Waals surface area contributed by atoms with Crippen LogP contribution in [0.1, 0.15) is 20.3 Å². The normalized spacial score (nSPS) is 11.2. The molecule has 0 aromatic rings. The second-order valence-electron chi connectivity index (χ2n) is 4.09. The molecule has 0 radical (unpaired) electrons. The molecular weight excluding hydrogens is 186 g/mol. The predicted molar refractivity (Wildman–Crippen MR) is 57.3 cm³/mol. The van der Waals surface area contributed by atoms with E-state index in [0.29, 0.717) is 6.61 Å². The number of rotatable bonds is 4. The summed E-state index contributed by atoms with van der Waals surface area (Å²) in [6.45, 7) is 4.57. The summed E-state index contributed by atoms with van der Waals surface area (Å²) < 4.78 is 5.07. The predicted octanol–water partition coefficient (Wildman–Crippen LogP) is 2.03. The van der Waals surface area contributed by atoms with Gasteiger partial charge in [0.15, 0.2) is 0 Å². The Kier molecular flexibility index (Phi) is 5.21. The maximum absolute atomic E-state index is 11.1. The molecular formula is C9H19NO2S. The van der Waals surface area contributed by atoms with Crippen molar-refractivity contribution in [2.24, 2.45) is 5.41 Å². The Morgan fingerprint density at radius 3 is 2.38 bits per heavy atom. The van der Waals surface area contributed by atoms with Crippen LogP contribution in [0.15, 0.2) is 0 Å². The van der Waals surface area contributed by atoms with Gasteiger partial charge < -0.3 is 9.64 Å². The zero-order valence-electron chi connectivity index (χ0n) is 8.83. The average Bonchev–Trinajstić information content (AvgIpc) is 2.00. The van der Waals surface area contributed by atoms with Crippen LogP contribution < -0.4 is 0 Å². The van der Waals surface area contributed by atoms with Gasteiger partial charge in [-0.25, -0.2) is 4.79 Å². The summed E-state index contributed by atoms with van der Waals surface area (Å²) >= 11 is 4.15. The second kappa shape index (κ2) is 5.37. The monoisotopic (exact) mass is 205 g/mol. The van der Waals surface area contributed by atoms with Crippen molar-refractivity contribution in [3.8, 4) is 0 Å². The third-order valence-electron chi connectivity index (χ3n) is 1.74. The van der Waals surface area contributed by atoms with Crippen molar-refractivity contribution in [1.29, 1.82) is 0 Å². The van der Waals surface area contributed by atoms with E-state index in [1.54, 1.807) is 14.1 Å². The van der Waals surface area contributed by atoms with Crippen LogP contribution >= 0.6 is 12.6 Å². The van der Waals surface area contributed by atoms with Crippen LogP contribution in [-0.4, -0.2) is 37.4 Å². The molecule has 1 amide bonds. The van der Waals surface area contributed by atoms with Crippen LogP contribution in [0.25, 0.3) is 0 Å². The Labute approximate surface area is 85.8 Å². The Bertz CT molecular complexity index is 169. The van der Waals surface area contributed by atoms with E-state index >= 15 is 0 Å². The summed E-state index contributed by atoms with van der Waals surface area (Å²) in [6, 6.07) is 0. The molecule has 0 saturated carbocycles. The number of thiol groups is 1. The molecule has 78 valence electrons. The van der Waals surface area contributed by atoms with Gasteiger partial charge in [-0.05, 0) is 17.6 Å². The fourth-order valence-corrected chi connectivity index (χ4v) is 1.37. The molecule has 0 saturated heterocycles. The van der Waals surface area contributed by atoms with Crippen LogP contribution in [0.5, 0.6) is 0 Å². The zero-order valence-corrected chi connectivity index (χ0v) is 9.73. The Balaban J connectivity index is 3.80. The van der Waals surface area contributed by atoms with E-state index in [1.807, 2.05) is 0 Å². The number of carbonyl (C=O) groups excluding carboxylic acids is 1. The number of carbonyl (C=O) groups is 1. The highest BCUT2D eigenvalue weighted by Crippen LogP contribution is 2.21. The fourth-order valence-electron chi connectivity index (χ4n) is 0.761. The second-order valence-corrected chi connectivity index (χ2v) is 4.53. The summed E-state index contributed by atoms with van der Waals surface area (Å²) in [6.07, 6.45) is 0.656. The van der Waals surface area contributed by atoms with Crippen molar-refractivity contribution >= 4 is 18.7 Å². The van der Waals surface area contributed by atoms with E-state index in [0.717, 1.165) is 12.2 Å². The molecule has 0 fully saturated rings. The van der Waals surface area contributed by atoms with Gasteiger partial charge in [-0.2, -0.15) is 12.6 Å². The maximum Gasteiger partial charge on any atom is 0.409 e. The number of ether oxygens (including phenoxy) is 1. The first-order valence-corrected chi connectivity index (χ1v) is 4.97. The van der Waals surface area contributed by atoms with Gasteiger partial charge in [-0.3, -0.25) is 0 Å². The van der Waals surface area contributed by atoms with Crippen molar-refractivity contribution < 1.29 is 9.53 Å². The molecule has 0 aliphatic heterocycles. The fraction of sp³-hybridized carbons (Fsp3) is 0.889. The molecule has 0 aliphatic rings. The molecule has 0 rings (SSSR count).